The summed E-state index contributed by atoms with van der Waals surface area (Å²) in [7, 11) is 1.52. The fourth-order valence-corrected chi connectivity index (χ4v) is 2.95. The van der Waals surface area contributed by atoms with Crippen LogP contribution in [0.25, 0.3) is 0 Å². The van der Waals surface area contributed by atoms with Gasteiger partial charge in [-0.2, -0.15) is 0 Å². The summed E-state index contributed by atoms with van der Waals surface area (Å²) in [5.41, 5.74) is 0.792. The Morgan fingerprint density at radius 1 is 1.27 bits per heavy atom. The summed E-state index contributed by atoms with van der Waals surface area (Å²) in [5.74, 6) is -1.38. The highest BCUT2D eigenvalue weighted by atomic mass is 79.9. The van der Waals surface area contributed by atoms with E-state index in [1.54, 1.807) is 19.9 Å². The fourth-order valence-electron chi connectivity index (χ4n) is 2.35. The first kappa shape index (κ1) is 22.2. The second-order valence-electron chi connectivity index (χ2n) is 6.30. The molecule has 0 heterocycles. The number of amides is 1. The zero-order chi connectivity index (χ0) is 19.7. The molecule has 1 amide bonds. The van der Waals surface area contributed by atoms with Gasteiger partial charge in [0.2, 0.25) is 5.91 Å². The van der Waals surface area contributed by atoms with Gasteiger partial charge in [0.05, 0.1) is 6.61 Å². The normalized spacial score (nSPS) is 14.3. The maximum atomic E-state index is 12.2. The lowest BCUT2D eigenvalue weighted by molar-refractivity contribution is -0.147. The van der Waals surface area contributed by atoms with Gasteiger partial charge in [0.25, 0.3) is 0 Å². The molecule has 0 aliphatic carbocycles. The molecule has 0 radical (unpaired) electrons. The topological polar surface area (TPSA) is 105 Å². The Labute approximate surface area is 161 Å². The average molecular weight is 432 g/mol. The predicted molar refractivity (Wildman–Crippen MR) is 100 cm³/mol. The van der Waals surface area contributed by atoms with Crippen molar-refractivity contribution >= 4 is 27.8 Å². The van der Waals surface area contributed by atoms with Crippen molar-refractivity contribution in [2.75, 3.05) is 26.9 Å². The average Bonchev–Trinajstić information content (AvgIpc) is 2.57. The Balaban J connectivity index is 2.43. The number of esters is 1. The molecule has 1 rings (SSSR count). The molecule has 146 valence electrons. The lowest BCUT2D eigenvalue weighted by Gasteiger charge is -2.24. The second-order valence-corrected chi connectivity index (χ2v) is 8.05. The largest absolute Gasteiger partial charge is 0.504 e. The zero-order valence-corrected chi connectivity index (χ0v) is 16.8. The molecule has 2 atom stereocenters. The summed E-state index contributed by atoms with van der Waals surface area (Å²) < 4.78 is 8.98. The molecular formula is C18H26BrNO6. The van der Waals surface area contributed by atoms with Crippen molar-refractivity contribution in [1.82, 2.24) is 5.32 Å². The number of methoxy groups -OCH3 is 1. The van der Waals surface area contributed by atoms with Gasteiger partial charge < -0.3 is 25.0 Å². The molecule has 3 N–H and O–H groups in total. The molecule has 1 aromatic carbocycles. The maximum absolute atomic E-state index is 12.2. The SMILES string of the molecule is COCCOC(=O)C(C)(Br)CC(C)C(=O)NCCc1ccc(O)c(O)c1. The number of carbonyl (C=O) groups excluding carboxylic acids is 2. The van der Waals surface area contributed by atoms with Crippen LogP contribution in [-0.2, 0) is 25.5 Å². The van der Waals surface area contributed by atoms with Gasteiger partial charge >= 0.3 is 5.97 Å². The number of hydrogen-bond acceptors (Lipinski definition) is 6. The number of ether oxygens (including phenoxy) is 2. The van der Waals surface area contributed by atoms with Crippen molar-refractivity contribution in [2.45, 2.75) is 31.0 Å². The smallest absolute Gasteiger partial charge is 0.322 e. The molecule has 0 saturated carbocycles. The van der Waals surface area contributed by atoms with Crippen molar-refractivity contribution in [1.29, 1.82) is 0 Å². The monoisotopic (exact) mass is 431 g/mol. The minimum atomic E-state index is -0.958. The third-order valence-corrected chi connectivity index (χ3v) is 4.48. The first-order valence-corrected chi connectivity index (χ1v) is 9.10. The van der Waals surface area contributed by atoms with Gasteiger partial charge in [-0.1, -0.05) is 28.9 Å². The van der Waals surface area contributed by atoms with Gasteiger partial charge in [0, 0.05) is 19.6 Å². The maximum Gasteiger partial charge on any atom is 0.322 e. The summed E-state index contributed by atoms with van der Waals surface area (Å²) in [6.45, 7) is 4.27. The molecule has 7 nitrogen and oxygen atoms in total. The standard InChI is InChI=1S/C18H26BrNO6/c1-12(11-18(2,19)17(24)26-9-8-25-3)16(23)20-7-6-13-4-5-14(21)15(22)10-13/h4-5,10,12,21-22H,6-9,11H2,1-3H3,(H,20,23). The van der Waals surface area contributed by atoms with Gasteiger partial charge in [0.1, 0.15) is 10.9 Å². The van der Waals surface area contributed by atoms with Crippen LogP contribution in [0.4, 0.5) is 0 Å². The number of aromatic hydroxyl groups is 2. The van der Waals surface area contributed by atoms with Crippen molar-refractivity contribution in [3.63, 3.8) is 0 Å². The quantitative estimate of drug-likeness (QED) is 0.227. The Kier molecular flexibility index (Phi) is 8.87. The number of benzene rings is 1. The van der Waals surface area contributed by atoms with E-state index in [2.05, 4.69) is 21.2 Å². The Morgan fingerprint density at radius 3 is 2.58 bits per heavy atom. The van der Waals surface area contributed by atoms with E-state index in [0.29, 0.717) is 19.6 Å². The van der Waals surface area contributed by atoms with Crippen LogP contribution in [0, 0.1) is 5.92 Å². The predicted octanol–water partition coefficient (Wildman–Crippen LogP) is 2.13. The number of nitrogens with one attached hydrogen (secondary N) is 1. The van der Waals surface area contributed by atoms with Crippen molar-refractivity contribution in [3.05, 3.63) is 23.8 Å². The molecule has 0 aromatic heterocycles. The molecular weight excluding hydrogens is 406 g/mol. The summed E-state index contributed by atoms with van der Waals surface area (Å²) in [6, 6.07) is 4.54. The van der Waals surface area contributed by atoms with E-state index < -0.39 is 16.2 Å². The van der Waals surface area contributed by atoms with Crippen LogP contribution in [0.2, 0.25) is 0 Å². The van der Waals surface area contributed by atoms with Gasteiger partial charge in [0.15, 0.2) is 11.5 Å². The molecule has 2 unspecified atom stereocenters. The van der Waals surface area contributed by atoms with Gasteiger partial charge in [-0.3, -0.25) is 9.59 Å². The van der Waals surface area contributed by atoms with Crippen LogP contribution in [0.3, 0.4) is 0 Å². The van der Waals surface area contributed by atoms with E-state index >= 15 is 0 Å². The van der Waals surface area contributed by atoms with Crippen molar-refractivity contribution < 1.29 is 29.3 Å². The lowest BCUT2D eigenvalue weighted by Crippen LogP contribution is -2.38. The lowest BCUT2D eigenvalue weighted by atomic mass is 9.96. The van der Waals surface area contributed by atoms with Crippen LogP contribution >= 0.6 is 15.9 Å². The van der Waals surface area contributed by atoms with Crippen LogP contribution < -0.4 is 5.32 Å². The Morgan fingerprint density at radius 2 is 1.96 bits per heavy atom. The van der Waals surface area contributed by atoms with Crippen LogP contribution in [-0.4, -0.2) is 53.3 Å². The summed E-state index contributed by atoms with van der Waals surface area (Å²) >= 11 is 3.34. The molecule has 26 heavy (non-hydrogen) atoms. The number of hydrogen-bond donors (Lipinski definition) is 3. The van der Waals surface area contributed by atoms with E-state index in [0.717, 1.165) is 5.56 Å². The summed E-state index contributed by atoms with van der Waals surface area (Å²) in [6.07, 6.45) is 0.793. The third-order valence-electron chi connectivity index (χ3n) is 3.84. The highest BCUT2D eigenvalue weighted by molar-refractivity contribution is 9.10. The molecule has 1 aromatic rings. The van der Waals surface area contributed by atoms with E-state index in [-0.39, 0.29) is 30.4 Å². The number of rotatable bonds is 10. The van der Waals surface area contributed by atoms with E-state index in [1.807, 2.05) is 0 Å². The first-order valence-electron chi connectivity index (χ1n) is 8.31. The highest BCUT2D eigenvalue weighted by Crippen LogP contribution is 2.28. The number of phenols is 2. The first-order chi connectivity index (χ1) is 12.2. The van der Waals surface area contributed by atoms with E-state index in [9.17, 15) is 19.8 Å². The van der Waals surface area contributed by atoms with Crippen LogP contribution in [0.5, 0.6) is 11.5 Å². The van der Waals surface area contributed by atoms with E-state index in [4.69, 9.17) is 9.47 Å². The molecule has 0 fully saturated rings. The van der Waals surface area contributed by atoms with Crippen molar-refractivity contribution in [2.24, 2.45) is 5.92 Å². The Bertz CT molecular complexity index is 620. The van der Waals surface area contributed by atoms with Gasteiger partial charge in [-0.05, 0) is 37.5 Å². The fraction of sp³-hybridized carbons (Fsp3) is 0.556. The Hall–Kier alpha value is -1.80. The molecule has 0 aliphatic rings. The van der Waals surface area contributed by atoms with E-state index in [1.165, 1.54) is 19.2 Å². The zero-order valence-electron chi connectivity index (χ0n) is 15.3. The molecule has 0 saturated heterocycles. The second kappa shape index (κ2) is 10.4. The van der Waals surface area contributed by atoms with Gasteiger partial charge in [-0.15, -0.1) is 0 Å². The highest BCUT2D eigenvalue weighted by Gasteiger charge is 2.35. The van der Waals surface area contributed by atoms with Gasteiger partial charge in [-0.25, -0.2) is 0 Å². The summed E-state index contributed by atoms with van der Waals surface area (Å²) in [5, 5.41) is 21.5. The molecule has 0 bridgehead atoms. The summed E-state index contributed by atoms with van der Waals surface area (Å²) in [4.78, 5) is 24.3. The van der Waals surface area contributed by atoms with Crippen LogP contribution in [0.15, 0.2) is 18.2 Å². The number of halogens is 1. The minimum absolute atomic E-state index is 0.163. The number of alkyl halides is 1. The molecule has 0 aliphatic heterocycles. The molecule has 0 spiro atoms. The molecule has 8 heteroatoms. The third kappa shape index (κ3) is 7.21. The van der Waals surface area contributed by atoms with Crippen LogP contribution in [0.1, 0.15) is 25.8 Å². The minimum Gasteiger partial charge on any atom is -0.504 e. The number of phenolic OH excluding ortho intramolecular Hbond substituents is 2. The van der Waals surface area contributed by atoms with Crippen molar-refractivity contribution in [3.8, 4) is 11.5 Å². The number of carbonyl (C=O) groups is 2.